The molecule has 0 unspecified atom stereocenters. The summed E-state index contributed by atoms with van der Waals surface area (Å²) in [6, 6.07) is 5.61. The molecule has 1 N–H and O–H groups in total. The van der Waals surface area contributed by atoms with Gasteiger partial charge in [0.25, 0.3) is 0 Å². The van der Waals surface area contributed by atoms with Crippen LogP contribution in [0.5, 0.6) is 0 Å². The maximum Gasteiger partial charge on any atom is 0.147 e. The summed E-state index contributed by atoms with van der Waals surface area (Å²) in [7, 11) is 0. The molecule has 1 heterocycles. The van der Waals surface area contributed by atoms with Crippen LogP contribution < -0.4 is 5.32 Å². The zero-order chi connectivity index (χ0) is 12.5. The number of aromatic nitrogens is 2. The van der Waals surface area contributed by atoms with E-state index in [1.165, 1.54) is 36.3 Å². The van der Waals surface area contributed by atoms with Crippen LogP contribution in [-0.2, 0) is 6.54 Å². The van der Waals surface area contributed by atoms with Gasteiger partial charge in [-0.3, -0.25) is 0 Å². The average molecular weight is 263 g/mol. The summed E-state index contributed by atoms with van der Waals surface area (Å²) in [5, 5.41) is 13.4. The highest BCUT2D eigenvalue weighted by Crippen LogP contribution is 2.26. The molecule has 0 saturated heterocycles. The molecule has 3 nitrogen and oxygen atoms in total. The number of halogens is 1. The lowest BCUT2D eigenvalue weighted by atomic mass is 10.1. The van der Waals surface area contributed by atoms with E-state index in [0.29, 0.717) is 6.04 Å². The van der Waals surface area contributed by atoms with Gasteiger partial charge in [-0.05, 0) is 43.5 Å². The third-order valence-corrected chi connectivity index (χ3v) is 3.85. The lowest BCUT2D eigenvalue weighted by Gasteiger charge is -1.98. The zero-order valence-corrected chi connectivity index (χ0v) is 10.9. The molecule has 5 heteroatoms. The van der Waals surface area contributed by atoms with Crippen molar-refractivity contribution in [3.8, 4) is 10.6 Å². The van der Waals surface area contributed by atoms with E-state index in [1.54, 1.807) is 0 Å². The van der Waals surface area contributed by atoms with Crippen LogP contribution in [0.25, 0.3) is 10.6 Å². The summed E-state index contributed by atoms with van der Waals surface area (Å²) in [5.41, 5.74) is 1.71. The van der Waals surface area contributed by atoms with E-state index in [2.05, 4.69) is 15.5 Å². The van der Waals surface area contributed by atoms with Gasteiger partial charge < -0.3 is 5.32 Å². The van der Waals surface area contributed by atoms with Gasteiger partial charge in [0.05, 0.1) is 0 Å². The summed E-state index contributed by atoms with van der Waals surface area (Å²) in [4.78, 5) is 0. The Kier molecular flexibility index (Phi) is 3.09. The van der Waals surface area contributed by atoms with Crippen LogP contribution in [0.3, 0.4) is 0 Å². The Balaban J connectivity index is 1.78. The summed E-state index contributed by atoms with van der Waals surface area (Å²) >= 11 is 1.52. The molecule has 0 atom stereocenters. The maximum atomic E-state index is 13.3. The van der Waals surface area contributed by atoms with Crippen molar-refractivity contribution in [2.24, 2.45) is 0 Å². The van der Waals surface area contributed by atoms with Crippen LogP contribution in [0.4, 0.5) is 4.39 Å². The van der Waals surface area contributed by atoms with Crippen molar-refractivity contribution in [1.29, 1.82) is 0 Å². The first-order chi connectivity index (χ1) is 8.70. The number of nitrogens with zero attached hydrogens (tertiary/aromatic N) is 2. The largest absolute Gasteiger partial charge is 0.308 e. The van der Waals surface area contributed by atoms with Gasteiger partial charge in [-0.15, -0.1) is 10.2 Å². The van der Waals surface area contributed by atoms with Gasteiger partial charge in [0.2, 0.25) is 0 Å². The molecule has 0 spiro atoms. The monoisotopic (exact) mass is 263 g/mol. The SMILES string of the molecule is Cc1cc(F)cc(-c2nnc(CNC3CC3)s2)c1. The molecule has 1 aromatic heterocycles. The summed E-state index contributed by atoms with van der Waals surface area (Å²) < 4.78 is 13.3. The van der Waals surface area contributed by atoms with Gasteiger partial charge in [0, 0.05) is 18.2 Å². The van der Waals surface area contributed by atoms with E-state index in [9.17, 15) is 4.39 Å². The molecule has 1 fully saturated rings. The second-order valence-corrected chi connectivity index (χ2v) is 5.74. The first-order valence-corrected chi connectivity index (χ1v) is 6.86. The molecule has 2 aromatic rings. The highest BCUT2D eigenvalue weighted by molar-refractivity contribution is 7.14. The Morgan fingerprint density at radius 1 is 1.33 bits per heavy atom. The second kappa shape index (κ2) is 4.74. The summed E-state index contributed by atoms with van der Waals surface area (Å²) in [6.45, 7) is 2.64. The van der Waals surface area contributed by atoms with Crippen molar-refractivity contribution in [2.75, 3.05) is 0 Å². The Morgan fingerprint density at radius 2 is 2.17 bits per heavy atom. The fraction of sp³-hybridized carbons (Fsp3) is 0.385. The Labute approximate surface area is 109 Å². The van der Waals surface area contributed by atoms with Gasteiger partial charge in [-0.1, -0.05) is 11.3 Å². The lowest BCUT2D eigenvalue weighted by molar-refractivity contribution is 0.627. The van der Waals surface area contributed by atoms with Crippen molar-refractivity contribution in [2.45, 2.75) is 32.4 Å². The zero-order valence-electron chi connectivity index (χ0n) is 10.1. The molecule has 1 saturated carbocycles. The van der Waals surface area contributed by atoms with E-state index in [1.807, 2.05) is 13.0 Å². The Hall–Kier alpha value is -1.33. The first-order valence-electron chi connectivity index (χ1n) is 6.04. The standard InChI is InChI=1S/C13H14FN3S/c1-8-4-9(6-10(14)5-8)13-17-16-12(18-13)7-15-11-2-3-11/h4-6,11,15H,2-3,7H2,1H3. The van der Waals surface area contributed by atoms with Gasteiger partial charge in [0.1, 0.15) is 15.8 Å². The van der Waals surface area contributed by atoms with Crippen molar-refractivity contribution < 1.29 is 4.39 Å². The number of hydrogen-bond donors (Lipinski definition) is 1. The summed E-state index contributed by atoms with van der Waals surface area (Å²) in [6.07, 6.45) is 2.52. The molecule has 1 aromatic carbocycles. The predicted octanol–water partition coefficient (Wildman–Crippen LogP) is 2.90. The minimum absolute atomic E-state index is 0.224. The minimum Gasteiger partial charge on any atom is -0.308 e. The van der Waals surface area contributed by atoms with Gasteiger partial charge >= 0.3 is 0 Å². The van der Waals surface area contributed by atoms with Crippen molar-refractivity contribution in [3.63, 3.8) is 0 Å². The van der Waals surface area contributed by atoms with Crippen LogP contribution in [0, 0.1) is 12.7 Å². The number of rotatable bonds is 4. The third kappa shape index (κ3) is 2.73. The fourth-order valence-electron chi connectivity index (χ4n) is 1.82. The van der Waals surface area contributed by atoms with E-state index >= 15 is 0 Å². The second-order valence-electron chi connectivity index (χ2n) is 4.67. The number of benzene rings is 1. The molecule has 0 amide bonds. The van der Waals surface area contributed by atoms with E-state index in [-0.39, 0.29) is 5.82 Å². The van der Waals surface area contributed by atoms with Crippen LogP contribution >= 0.6 is 11.3 Å². The van der Waals surface area contributed by atoms with Crippen LogP contribution in [0.15, 0.2) is 18.2 Å². The number of aryl methyl sites for hydroxylation is 1. The van der Waals surface area contributed by atoms with Gasteiger partial charge in [-0.25, -0.2) is 4.39 Å². The molecule has 0 aliphatic heterocycles. The minimum atomic E-state index is -0.224. The lowest BCUT2D eigenvalue weighted by Crippen LogP contribution is -2.14. The highest BCUT2D eigenvalue weighted by atomic mass is 32.1. The first kappa shape index (κ1) is 11.7. The average Bonchev–Trinajstić information content (AvgIpc) is 3.02. The van der Waals surface area contributed by atoms with E-state index in [0.717, 1.165) is 27.7 Å². The Morgan fingerprint density at radius 3 is 2.89 bits per heavy atom. The predicted molar refractivity (Wildman–Crippen MR) is 69.9 cm³/mol. The molecule has 0 bridgehead atoms. The molecule has 1 aliphatic carbocycles. The molecule has 94 valence electrons. The molecule has 1 aliphatic rings. The number of hydrogen-bond acceptors (Lipinski definition) is 4. The van der Waals surface area contributed by atoms with Crippen molar-refractivity contribution >= 4 is 11.3 Å². The maximum absolute atomic E-state index is 13.3. The van der Waals surface area contributed by atoms with Crippen LogP contribution in [-0.4, -0.2) is 16.2 Å². The molecular weight excluding hydrogens is 249 g/mol. The molecule has 0 radical (unpaired) electrons. The van der Waals surface area contributed by atoms with Crippen LogP contribution in [0.2, 0.25) is 0 Å². The van der Waals surface area contributed by atoms with E-state index in [4.69, 9.17) is 0 Å². The highest BCUT2D eigenvalue weighted by Gasteiger charge is 2.20. The normalized spacial score (nSPS) is 15.0. The quantitative estimate of drug-likeness (QED) is 0.921. The third-order valence-electron chi connectivity index (χ3n) is 2.88. The molecular formula is C13H14FN3S. The molecule has 3 rings (SSSR count). The van der Waals surface area contributed by atoms with E-state index < -0.39 is 0 Å². The number of nitrogens with one attached hydrogen (secondary N) is 1. The van der Waals surface area contributed by atoms with Crippen LogP contribution in [0.1, 0.15) is 23.4 Å². The molecule has 18 heavy (non-hydrogen) atoms. The Bertz CT molecular complexity index is 543. The van der Waals surface area contributed by atoms with Gasteiger partial charge in [-0.2, -0.15) is 0 Å². The van der Waals surface area contributed by atoms with Gasteiger partial charge in [0.15, 0.2) is 0 Å². The topological polar surface area (TPSA) is 37.8 Å². The van der Waals surface area contributed by atoms with Crippen molar-refractivity contribution in [3.05, 3.63) is 34.6 Å². The summed E-state index contributed by atoms with van der Waals surface area (Å²) in [5.74, 6) is -0.224. The smallest absolute Gasteiger partial charge is 0.147 e. The fourth-order valence-corrected chi connectivity index (χ4v) is 2.60. The van der Waals surface area contributed by atoms with Crippen molar-refractivity contribution in [1.82, 2.24) is 15.5 Å².